The van der Waals surface area contributed by atoms with Gasteiger partial charge in [-0.05, 0) is 31.2 Å². The Bertz CT molecular complexity index is 611. The first-order valence-corrected chi connectivity index (χ1v) is 5.89. The van der Waals surface area contributed by atoms with Crippen molar-refractivity contribution in [2.75, 3.05) is 7.11 Å². The molecule has 19 heavy (non-hydrogen) atoms. The Labute approximate surface area is 111 Å². The summed E-state index contributed by atoms with van der Waals surface area (Å²) in [5, 5.41) is 0. The predicted molar refractivity (Wildman–Crippen MR) is 70.0 cm³/mol. The highest BCUT2D eigenvalue weighted by atomic mass is 19.1. The van der Waals surface area contributed by atoms with Crippen LogP contribution in [0.5, 0.6) is 5.75 Å². The maximum absolute atomic E-state index is 13.7. The molecule has 0 atom stereocenters. The van der Waals surface area contributed by atoms with Crippen molar-refractivity contribution in [3.05, 3.63) is 59.2 Å². The molecule has 4 heteroatoms. The number of aromatic nitrogens is 1. The number of nitrogens with zero attached hydrogens (tertiary/aromatic N) is 1. The van der Waals surface area contributed by atoms with Crippen molar-refractivity contribution < 1.29 is 13.9 Å². The molecule has 0 aliphatic carbocycles. The highest BCUT2D eigenvalue weighted by molar-refractivity contribution is 5.97. The molecule has 98 valence electrons. The van der Waals surface area contributed by atoms with Crippen molar-refractivity contribution in [2.45, 2.75) is 13.3 Å². The fourth-order valence-corrected chi connectivity index (χ4v) is 1.81. The maximum Gasteiger partial charge on any atom is 0.171 e. The Balaban J connectivity index is 2.20. The van der Waals surface area contributed by atoms with E-state index in [2.05, 4.69) is 4.98 Å². The highest BCUT2D eigenvalue weighted by Gasteiger charge is 2.13. The summed E-state index contributed by atoms with van der Waals surface area (Å²) in [6.07, 6.45) is 0.0882. The van der Waals surface area contributed by atoms with Crippen LogP contribution < -0.4 is 4.74 Å². The van der Waals surface area contributed by atoms with Crippen LogP contribution in [0.4, 0.5) is 4.39 Å². The fourth-order valence-electron chi connectivity index (χ4n) is 1.81. The zero-order chi connectivity index (χ0) is 13.8. The van der Waals surface area contributed by atoms with Crippen LogP contribution in [0.3, 0.4) is 0 Å². The monoisotopic (exact) mass is 259 g/mol. The van der Waals surface area contributed by atoms with Gasteiger partial charge < -0.3 is 4.74 Å². The van der Waals surface area contributed by atoms with Crippen LogP contribution >= 0.6 is 0 Å². The van der Waals surface area contributed by atoms with Crippen LogP contribution in [0.25, 0.3) is 0 Å². The summed E-state index contributed by atoms with van der Waals surface area (Å²) in [6.45, 7) is 1.85. The van der Waals surface area contributed by atoms with E-state index < -0.39 is 5.82 Å². The van der Waals surface area contributed by atoms with Gasteiger partial charge in [0.05, 0.1) is 19.1 Å². The van der Waals surface area contributed by atoms with Crippen molar-refractivity contribution >= 4 is 5.78 Å². The smallest absolute Gasteiger partial charge is 0.171 e. The average Bonchev–Trinajstić information content (AvgIpc) is 2.38. The Morgan fingerprint density at radius 3 is 2.74 bits per heavy atom. The lowest BCUT2D eigenvalue weighted by Crippen LogP contribution is -2.08. The van der Waals surface area contributed by atoms with Crippen molar-refractivity contribution in [3.63, 3.8) is 0 Å². The van der Waals surface area contributed by atoms with Crippen LogP contribution in [0.15, 0.2) is 36.4 Å². The average molecular weight is 259 g/mol. The van der Waals surface area contributed by atoms with E-state index in [1.807, 2.05) is 19.1 Å². The molecule has 0 N–H and O–H groups in total. The summed E-state index contributed by atoms with van der Waals surface area (Å²) in [7, 11) is 1.45. The number of halogens is 1. The molecular formula is C15H14FNO2. The molecule has 0 aliphatic rings. The van der Waals surface area contributed by atoms with Gasteiger partial charge in [-0.25, -0.2) is 4.39 Å². The molecule has 0 bridgehead atoms. The van der Waals surface area contributed by atoms with Gasteiger partial charge in [0.1, 0.15) is 11.6 Å². The first kappa shape index (κ1) is 13.2. The minimum absolute atomic E-state index is 0.0594. The summed E-state index contributed by atoms with van der Waals surface area (Å²) < 4.78 is 18.6. The third-order valence-corrected chi connectivity index (χ3v) is 2.76. The molecule has 0 fully saturated rings. The number of aryl methyl sites for hydroxylation is 1. The molecule has 0 radical (unpaired) electrons. The summed E-state index contributed by atoms with van der Waals surface area (Å²) >= 11 is 0. The number of ketones is 1. The van der Waals surface area contributed by atoms with Gasteiger partial charge in [-0.2, -0.15) is 0 Å². The van der Waals surface area contributed by atoms with E-state index >= 15 is 0 Å². The van der Waals surface area contributed by atoms with Gasteiger partial charge in [0.25, 0.3) is 0 Å². The molecule has 0 saturated carbocycles. The van der Waals surface area contributed by atoms with Gasteiger partial charge in [-0.3, -0.25) is 9.78 Å². The molecule has 0 unspecified atom stereocenters. The van der Waals surface area contributed by atoms with Crippen molar-refractivity contribution in [1.82, 2.24) is 4.98 Å². The first-order valence-electron chi connectivity index (χ1n) is 5.89. The van der Waals surface area contributed by atoms with E-state index in [0.29, 0.717) is 11.4 Å². The predicted octanol–water partition coefficient (Wildman–Crippen LogP) is 2.96. The maximum atomic E-state index is 13.7. The van der Waals surface area contributed by atoms with Gasteiger partial charge in [-0.15, -0.1) is 0 Å². The van der Waals surface area contributed by atoms with E-state index in [1.165, 1.54) is 19.2 Å². The molecule has 0 aliphatic heterocycles. The minimum Gasteiger partial charge on any atom is -0.497 e. The molecule has 0 saturated heterocycles. The zero-order valence-corrected chi connectivity index (χ0v) is 10.8. The molecule has 2 aromatic rings. The minimum atomic E-state index is -0.572. The molecular weight excluding hydrogens is 245 g/mol. The Morgan fingerprint density at radius 1 is 1.32 bits per heavy atom. The molecule has 1 aromatic heterocycles. The summed E-state index contributed by atoms with van der Waals surface area (Å²) in [4.78, 5) is 16.3. The number of Topliss-reactive ketones (excluding diaryl/α,β-unsaturated/α-hetero) is 1. The molecule has 1 aromatic carbocycles. The number of benzene rings is 1. The van der Waals surface area contributed by atoms with Crippen LogP contribution in [-0.2, 0) is 6.42 Å². The number of hydrogen-bond acceptors (Lipinski definition) is 3. The van der Waals surface area contributed by atoms with Crippen LogP contribution in [0.1, 0.15) is 21.7 Å². The number of ether oxygens (including phenoxy) is 1. The largest absolute Gasteiger partial charge is 0.497 e. The molecule has 1 heterocycles. The lowest BCUT2D eigenvalue weighted by Gasteiger charge is -2.05. The number of hydrogen-bond donors (Lipinski definition) is 0. The van der Waals surface area contributed by atoms with Crippen molar-refractivity contribution in [1.29, 1.82) is 0 Å². The Kier molecular flexibility index (Phi) is 3.90. The third-order valence-electron chi connectivity index (χ3n) is 2.76. The number of carbonyl (C=O) groups is 1. The molecule has 0 spiro atoms. The van der Waals surface area contributed by atoms with E-state index in [0.717, 1.165) is 5.69 Å². The van der Waals surface area contributed by atoms with Gasteiger partial charge in [-0.1, -0.05) is 6.07 Å². The van der Waals surface area contributed by atoms with Gasteiger partial charge in [0, 0.05) is 17.5 Å². The van der Waals surface area contributed by atoms with Gasteiger partial charge in [0.2, 0.25) is 0 Å². The molecule has 3 nitrogen and oxygen atoms in total. The van der Waals surface area contributed by atoms with E-state index in [4.69, 9.17) is 4.74 Å². The SMILES string of the molecule is COc1ccc(C(=O)Cc2cccc(C)n2)c(F)c1. The summed E-state index contributed by atoms with van der Waals surface area (Å²) in [6, 6.07) is 9.65. The van der Waals surface area contributed by atoms with Crippen molar-refractivity contribution in [2.24, 2.45) is 0 Å². The lowest BCUT2D eigenvalue weighted by atomic mass is 10.1. The van der Waals surface area contributed by atoms with E-state index in [9.17, 15) is 9.18 Å². The topological polar surface area (TPSA) is 39.2 Å². The van der Waals surface area contributed by atoms with Gasteiger partial charge in [0.15, 0.2) is 5.78 Å². The van der Waals surface area contributed by atoms with Crippen molar-refractivity contribution in [3.8, 4) is 5.75 Å². The number of methoxy groups -OCH3 is 1. The highest BCUT2D eigenvalue weighted by Crippen LogP contribution is 2.17. The summed E-state index contributed by atoms with van der Waals surface area (Å²) in [5.41, 5.74) is 1.53. The second kappa shape index (κ2) is 5.61. The number of rotatable bonds is 4. The summed E-state index contributed by atoms with van der Waals surface area (Å²) in [5.74, 6) is -0.474. The number of pyridine rings is 1. The Morgan fingerprint density at radius 2 is 2.11 bits per heavy atom. The van der Waals surface area contributed by atoms with Crippen LogP contribution in [-0.4, -0.2) is 17.9 Å². The van der Waals surface area contributed by atoms with E-state index in [-0.39, 0.29) is 17.8 Å². The van der Waals surface area contributed by atoms with E-state index in [1.54, 1.807) is 12.1 Å². The second-order valence-corrected chi connectivity index (χ2v) is 4.22. The number of carbonyl (C=O) groups excluding carboxylic acids is 1. The first-order chi connectivity index (χ1) is 9.10. The van der Waals surface area contributed by atoms with Crippen LogP contribution in [0.2, 0.25) is 0 Å². The Hall–Kier alpha value is -2.23. The molecule has 0 amide bonds. The fraction of sp³-hybridized carbons (Fsp3) is 0.200. The quantitative estimate of drug-likeness (QED) is 0.792. The van der Waals surface area contributed by atoms with Gasteiger partial charge >= 0.3 is 0 Å². The normalized spacial score (nSPS) is 10.3. The zero-order valence-electron chi connectivity index (χ0n) is 10.8. The molecule has 2 rings (SSSR count). The lowest BCUT2D eigenvalue weighted by molar-refractivity contribution is 0.0988. The second-order valence-electron chi connectivity index (χ2n) is 4.22. The standard InChI is InChI=1S/C15H14FNO2/c1-10-4-3-5-11(17-10)8-15(18)13-7-6-12(19-2)9-14(13)16/h3-7,9H,8H2,1-2H3. The third kappa shape index (κ3) is 3.16. The van der Waals surface area contributed by atoms with Crippen LogP contribution in [0, 0.1) is 12.7 Å².